The minimum absolute atomic E-state index is 0.0102. The number of anilines is 1. The van der Waals surface area contributed by atoms with Crippen molar-refractivity contribution in [3.8, 4) is 11.5 Å². The number of fused-ring (bicyclic) bond motifs is 2. The molecule has 0 atom stereocenters. The maximum absolute atomic E-state index is 13.6. The summed E-state index contributed by atoms with van der Waals surface area (Å²) >= 11 is 1.29. The Kier molecular flexibility index (Phi) is 6.70. The molecule has 0 fully saturated rings. The molecule has 5 aromatic rings. The number of rotatable bonds is 7. The first-order chi connectivity index (χ1) is 17.9. The maximum atomic E-state index is 13.6. The van der Waals surface area contributed by atoms with Crippen molar-refractivity contribution < 1.29 is 18.7 Å². The Morgan fingerprint density at radius 1 is 1.08 bits per heavy atom. The first-order valence-corrected chi connectivity index (χ1v) is 12.3. The zero-order valence-electron chi connectivity index (χ0n) is 20.4. The van der Waals surface area contributed by atoms with E-state index in [9.17, 15) is 9.59 Å². The van der Waals surface area contributed by atoms with Gasteiger partial charge in [0.1, 0.15) is 23.3 Å². The fraction of sp³-hybridized carbons (Fsp3) is 0.143. The number of hydrogen-bond acceptors (Lipinski definition) is 8. The molecule has 0 N–H and O–H groups in total. The number of benzene rings is 3. The first-order valence-electron chi connectivity index (χ1n) is 11.5. The predicted octanol–water partition coefficient (Wildman–Crippen LogP) is 5.88. The minimum Gasteiger partial charge on any atom is -0.497 e. The minimum atomic E-state index is -0.413. The van der Waals surface area contributed by atoms with Gasteiger partial charge in [-0.3, -0.25) is 9.59 Å². The molecule has 186 valence electrons. The molecule has 3 aromatic carbocycles. The van der Waals surface area contributed by atoms with Gasteiger partial charge in [-0.2, -0.15) is 10.1 Å². The summed E-state index contributed by atoms with van der Waals surface area (Å²) < 4.78 is 17.4. The number of para-hydroxylation sites is 1. The quantitative estimate of drug-likeness (QED) is 0.199. The summed E-state index contributed by atoms with van der Waals surface area (Å²) in [5, 5.41) is 6.36. The zero-order chi connectivity index (χ0) is 25.9. The van der Waals surface area contributed by atoms with E-state index in [0.29, 0.717) is 38.7 Å². The van der Waals surface area contributed by atoms with Crippen molar-refractivity contribution in [1.82, 2.24) is 4.98 Å². The monoisotopic (exact) mass is 513 g/mol. The normalized spacial score (nSPS) is 11.5. The van der Waals surface area contributed by atoms with Crippen molar-refractivity contribution in [2.24, 2.45) is 5.10 Å². The Morgan fingerprint density at radius 2 is 1.84 bits per heavy atom. The van der Waals surface area contributed by atoms with E-state index in [2.05, 4.69) is 10.1 Å². The SMILES string of the molecule is COc1ccc2nc(N(/N=C/c3coc4ccccc4c3=O)C(=O)c3ccc(OC(C)C)cc3)sc2c1. The van der Waals surface area contributed by atoms with E-state index < -0.39 is 5.91 Å². The van der Waals surface area contributed by atoms with Crippen LogP contribution in [-0.4, -0.2) is 30.3 Å². The molecule has 0 aliphatic heterocycles. The lowest BCUT2D eigenvalue weighted by Crippen LogP contribution is -2.26. The van der Waals surface area contributed by atoms with Gasteiger partial charge in [-0.15, -0.1) is 0 Å². The third-order valence-corrected chi connectivity index (χ3v) is 6.44. The van der Waals surface area contributed by atoms with E-state index in [1.165, 1.54) is 28.8 Å². The lowest BCUT2D eigenvalue weighted by Gasteiger charge is -2.15. The van der Waals surface area contributed by atoms with Crippen LogP contribution < -0.4 is 19.9 Å². The summed E-state index contributed by atoms with van der Waals surface area (Å²) in [4.78, 5) is 31.2. The molecule has 0 bridgehead atoms. The Morgan fingerprint density at radius 3 is 2.59 bits per heavy atom. The number of hydrogen-bond donors (Lipinski definition) is 0. The van der Waals surface area contributed by atoms with E-state index in [-0.39, 0.29) is 17.1 Å². The molecule has 0 saturated carbocycles. The predicted molar refractivity (Wildman–Crippen MR) is 145 cm³/mol. The Labute approximate surface area is 216 Å². The van der Waals surface area contributed by atoms with Gasteiger partial charge >= 0.3 is 0 Å². The summed E-state index contributed by atoms with van der Waals surface area (Å²) in [5.74, 6) is 0.921. The Balaban J connectivity index is 1.55. The van der Waals surface area contributed by atoms with Gasteiger partial charge in [-0.25, -0.2) is 4.98 Å². The second kappa shape index (κ2) is 10.2. The fourth-order valence-corrected chi connectivity index (χ4v) is 4.62. The Bertz CT molecular complexity index is 1670. The van der Waals surface area contributed by atoms with E-state index in [0.717, 1.165) is 4.70 Å². The molecular weight excluding hydrogens is 490 g/mol. The molecule has 0 aliphatic rings. The van der Waals surface area contributed by atoms with Crippen molar-refractivity contribution >= 4 is 49.8 Å². The summed E-state index contributed by atoms with van der Waals surface area (Å²) in [6.07, 6.45) is 2.66. The van der Waals surface area contributed by atoms with Gasteiger partial charge in [-0.1, -0.05) is 23.5 Å². The van der Waals surface area contributed by atoms with Gasteiger partial charge in [0.15, 0.2) is 0 Å². The second-order valence-corrected chi connectivity index (χ2v) is 9.41. The van der Waals surface area contributed by atoms with E-state index in [4.69, 9.17) is 13.9 Å². The highest BCUT2D eigenvalue weighted by molar-refractivity contribution is 7.22. The molecule has 0 radical (unpaired) electrons. The number of aromatic nitrogens is 1. The van der Waals surface area contributed by atoms with Gasteiger partial charge in [0.05, 0.1) is 40.6 Å². The molecule has 8 nitrogen and oxygen atoms in total. The third kappa shape index (κ3) is 5.07. The second-order valence-electron chi connectivity index (χ2n) is 8.40. The lowest BCUT2D eigenvalue weighted by atomic mass is 10.2. The fourth-order valence-electron chi connectivity index (χ4n) is 3.67. The van der Waals surface area contributed by atoms with Crippen molar-refractivity contribution in [3.05, 3.63) is 94.3 Å². The maximum Gasteiger partial charge on any atom is 0.280 e. The standard InChI is InChI=1S/C28H23N3O5S/c1-17(2)36-20-10-8-18(9-11-20)27(33)31(28-30-23-13-12-21(34-3)14-25(23)37-28)29-15-19-16-35-24-7-5-4-6-22(24)26(19)32/h4-17H,1-3H3/b29-15+. The number of ether oxygens (including phenoxy) is 2. The van der Waals surface area contributed by atoms with Crippen LogP contribution in [0.5, 0.6) is 11.5 Å². The van der Waals surface area contributed by atoms with E-state index in [1.807, 2.05) is 26.0 Å². The number of amides is 1. The third-order valence-electron chi connectivity index (χ3n) is 5.45. The summed E-state index contributed by atoms with van der Waals surface area (Å²) in [5.41, 5.74) is 1.51. The molecule has 0 aliphatic carbocycles. The smallest absolute Gasteiger partial charge is 0.280 e. The van der Waals surface area contributed by atoms with Crippen LogP contribution in [0.15, 0.2) is 87.3 Å². The molecule has 2 heterocycles. The molecule has 0 saturated heterocycles. The van der Waals surface area contributed by atoms with Gasteiger partial charge in [-0.05, 0) is 68.4 Å². The molecule has 2 aromatic heterocycles. The molecule has 0 spiro atoms. The lowest BCUT2D eigenvalue weighted by molar-refractivity contribution is 0.0988. The summed E-state index contributed by atoms with van der Waals surface area (Å²) in [7, 11) is 1.59. The average Bonchev–Trinajstić information content (AvgIpc) is 3.33. The van der Waals surface area contributed by atoms with Crippen molar-refractivity contribution in [3.63, 3.8) is 0 Å². The molecule has 9 heteroatoms. The highest BCUT2D eigenvalue weighted by Gasteiger charge is 2.22. The number of hydrazone groups is 1. The Hall–Kier alpha value is -4.50. The number of carbonyl (C=O) groups excluding carboxylic acids is 1. The van der Waals surface area contributed by atoms with E-state index in [1.54, 1.807) is 61.7 Å². The number of carbonyl (C=O) groups is 1. The average molecular weight is 514 g/mol. The van der Waals surface area contributed by atoms with Crippen LogP contribution in [0.25, 0.3) is 21.2 Å². The molecule has 1 amide bonds. The molecular formula is C28H23N3O5S. The molecule has 5 rings (SSSR count). The number of thiazole rings is 1. The topological polar surface area (TPSA) is 94.2 Å². The van der Waals surface area contributed by atoms with Gasteiger partial charge in [0.25, 0.3) is 5.91 Å². The number of nitrogens with zero attached hydrogens (tertiary/aromatic N) is 3. The van der Waals surface area contributed by atoms with Crippen LogP contribution in [0.4, 0.5) is 5.13 Å². The largest absolute Gasteiger partial charge is 0.497 e. The zero-order valence-corrected chi connectivity index (χ0v) is 21.2. The highest BCUT2D eigenvalue weighted by atomic mass is 32.1. The van der Waals surface area contributed by atoms with E-state index >= 15 is 0 Å². The van der Waals surface area contributed by atoms with Crippen LogP contribution in [-0.2, 0) is 0 Å². The first kappa shape index (κ1) is 24.2. The van der Waals surface area contributed by atoms with Gasteiger partial charge in [0, 0.05) is 5.56 Å². The number of methoxy groups -OCH3 is 1. The van der Waals surface area contributed by atoms with Crippen LogP contribution in [0, 0.1) is 0 Å². The van der Waals surface area contributed by atoms with Crippen LogP contribution in [0.3, 0.4) is 0 Å². The van der Waals surface area contributed by atoms with Gasteiger partial charge in [0.2, 0.25) is 10.6 Å². The van der Waals surface area contributed by atoms with Crippen LogP contribution >= 0.6 is 11.3 Å². The van der Waals surface area contributed by atoms with Crippen LogP contribution in [0.1, 0.15) is 29.8 Å². The van der Waals surface area contributed by atoms with Crippen LogP contribution in [0.2, 0.25) is 0 Å². The summed E-state index contributed by atoms with van der Waals surface area (Å²) in [6.45, 7) is 3.86. The summed E-state index contributed by atoms with van der Waals surface area (Å²) in [6, 6.07) is 19.2. The molecule has 37 heavy (non-hydrogen) atoms. The van der Waals surface area contributed by atoms with Crippen molar-refractivity contribution in [2.45, 2.75) is 20.0 Å². The highest BCUT2D eigenvalue weighted by Crippen LogP contribution is 2.32. The van der Waals surface area contributed by atoms with Crippen molar-refractivity contribution in [1.29, 1.82) is 0 Å². The van der Waals surface area contributed by atoms with Crippen molar-refractivity contribution in [2.75, 3.05) is 12.1 Å². The molecule has 0 unspecified atom stereocenters. The van der Waals surface area contributed by atoms with Gasteiger partial charge < -0.3 is 13.9 Å².